The van der Waals surface area contributed by atoms with Gasteiger partial charge in [0.25, 0.3) is 15.9 Å². The molecule has 2 aromatic carbocycles. The average molecular weight is 556 g/mol. The van der Waals surface area contributed by atoms with Crippen LogP contribution in [-0.4, -0.2) is 31.0 Å². The Morgan fingerprint density at radius 2 is 1.97 bits per heavy atom. The number of sulfonamides is 1. The summed E-state index contributed by atoms with van der Waals surface area (Å²) in [6.45, 7) is 2.59. The van der Waals surface area contributed by atoms with E-state index in [0.717, 1.165) is 6.42 Å². The number of aromatic nitrogens is 1. The zero-order valence-electron chi connectivity index (χ0n) is 16.8. The van der Waals surface area contributed by atoms with Crippen LogP contribution in [0.25, 0.3) is 0 Å². The van der Waals surface area contributed by atoms with Crippen molar-refractivity contribution in [2.75, 3.05) is 16.6 Å². The number of hydrogen-bond donors (Lipinski definition) is 3. The smallest absolute Gasteiger partial charge is 0.263 e. The van der Waals surface area contributed by atoms with Crippen LogP contribution in [0, 0.1) is 0 Å². The van der Waals surface area contributed by atoms with Gasteiger partial charge < -0.3 is 10.1 Å². The van der Waals surface area contributed by atoms with Crippen LogP contribution in [0.15, 0.2) is 63.4 Å². The molecule has 0 radical (unpaired) electrons. The number of thiazole rings is 1. The third-order valence-electron chi connectivity index (χ3n) is 3.96. The Hall–Kier alpha value is -2.54. The molecule has 0 saturated carbocycles. The summed E-state index contributed by atoms with van der Waals surface area (Å²) >= 11 is 9.77. The summed E-state index contributed by atoms with van der Waals surface area (Å²) in [4.78, 5) is 16.4. The molecule has 0 aliphatic rings. The SMILES string of the molecule is CCCOc1ccc(C(=O)NC(=S)Nc2ccc(S(=O)(=O)Nc3nccs3)cc2)cc1Br. The fraction of sp³-hybridized carbons (Fsp3) is 0.150. The standard InChI is InChI=1S/C20H19BrN4O4S3/c1-2-10-29-17-8-3-13(12-16(17)21)18(26)24-19(30)23-14-4-6-15(7-5-14)32(27,28)25-20-22-9-11-31-20/h3-9,11-12H,2,10H2,1H3,(H,22,25)(H2,23,24,26,30). The number of rotatable bonds is 8. The Labute approximate surface area is 203 Å². The van der Waals surface area contributed by atoms with Gasteiger partial charge in [-0.05, 0) is 77.0 Å². The molecular weight excluding hydrogens is 536 g/mol. The van der Waals surface area contributed by atoms with Crippen LogP contribution < -0.4 is 20.1 Å². The van der Waals surface area contributed by atoms with Crippen LogP contribution >= 0.6 is 39.5 Å². The maximum atomic E-state index is 12.5. The zero-order chi connectivity index (χ0) is 23.1. The average Bonchev–Trinajstić information content (AvgIpc) is 3.25. The molecule has 0 bridgehead atoms. The quantitative estimate of drug-likeness (QED) is 0.348. The van der Waals surface area contributed by atoms with Crippen LogP contribution in [-0.2, 0) is 10.0 Å². The minimum absolute atomic E-state index is 0.0726. The number of carbonyl (C=O) groups is 1. The summed E-state index contributed by atoms with van der Waals surface area (Å²) in [5.74, 6) is 0.264. The van der Waals surface area contributed by atoms with E-state index in [4.69, 9.17) is 17.0 Å². The van der Waals surface area contributed by atoms with E-state index in [0.29, 0.717) is 28.1 Å². The number of carbonyl (C=O) groups excluding carboxylic acids is 1. The van der Waals surface area contributed by atoms with Gasteiger partial charge in [-0.15, -0.1) is 11.3 Å². The molecule has 1 aromatic heterocycles. The minimum atomic E-state index is -3.74. The fourth-order valence-electron chi connectivity index (χ4n) is 2.47. The molecule has 0 unspecified atom stereocenters. The van der Waals surface area contributed by atoms with E-state index in [1.807, 2.05) is 6.92 Å². The summed E-state index contributed by atoms with van der Waals surface area (Å²) < 4.78 is 33.4. The first-order valence-corrected chi connectivity index (χ1v) is 12.9. The Morgan fingerprint density at radius 3 is 2.59 bits per heavy atom. The van der Waals surface area contributed by atoms with Crippen LogP contribution in [0.5, 0.6) is 5.75 Å². The third-order valence-corrected chi connectivity index (χ3v) is 6.96. The van der Waals surface area contributed by atoms with Crippen LogP contribution in [0.2, 0.25) is 0 Å². The molecule has 12 heteroatoms. The van der Waals surface area contributed by atoms with Crippen molar-refractivity contribution in [1.29, 1.82) is 0 Å². The van der Waals surface area contributed by atoms with Gasteiger partial charge in [0.15, 0.2) is 10.2 Å². The maximum Gasteiger partial charge on any atom is 0.263 e. The van der Waals surface area contributed by atoms with Crippen molar-refractivity contribution >= 4 is 71.3 Å². The van der Waals surface area contributed by atoms with Crippen molar-refractivity contribution in [3.63, 3.8) is 0 Å². The van der Waals surface area contributed by atoms with Gasteiger partial charge >= 0.3 is 0 Å². The van der Waals surface area contributed by atoms with Gasteiger partial charge in [0.05, 0.1) is 16.0 Å². The van der Waals surface area contributed by atoms with E-state index in [1.54, 1.807) is 35.7 Å². The molecule has 1 amide bonds. The van der Waals surface area contributed by atoms with Crippen molar-refractivity contribution in [3.8, 4) is 5.75 Å². The highest BCUT2D eigenvalue weighted by Crippen LogP contribution is 2.26. The number of nitrogens with one attached hydrogen (secondary N) is 3. The zero-order valence-corrected chi connectivity index (χ0v) is 20.8. The van der Waals surface area contributed by atoms with E-state index in [9.17, 15) is 13.2 Å². The maximum absolute atomic E-state index is 12.5. The Balaban J connectivity index is 1.59. The highest BCUT2D eigenvalue weighted by Gasteiger charge is 2.16. The Morgan fingerprint density at radius 1 is 1.22 bits per heavy atom. The number of anilines is 2. The summed E-state index contributed by atoms with van der Waals surface area (Å²) in [5, 5.41) is 7.49. The van der Waals surface area contributed by atoms with Gasteiger partial charge in [-0.3, -0.25) is 14.8 Å². The molecule has 0 saturated heterocycles. The normalized spacial score (nSPS) is 10.9. The Kier molecular flexibility index (Phi) is 8.18. The van der Waals surface area contributed by atoms with E-state index >= 15 is 0 Å². The molecule has 0 spiro atoms. The number of ether oxygens (including phenoxy) is 1. The second-order valence-electron chi connectivity index (χ2n) is 6.37. The van der Waals surface area contributed by atoms with Gasteiger partial charge in [0.2, 0.25) is 0 Å². The molecule has 0 fully saturated rings. The lowest BCUT2D eigenvalue weighted by atomic mass is 10.2. The number of hydrogen-bond acceptors (Lipinski definition) is 7. The lowest BCUT2D eigenvalue weighted by Gasteiger charge is -2.12. The largest absolute Gasteiger partial charge is 0.492 e. The third kappa shape index (κ3) is 6.48. The predicted molar refractivity (Wildman–Crippen MR) is 133 cm³/mol. The van der Waals surface area contributed by atoms with Crippen LogP contribution in [0.4, 0.5) is 10.8 Å². The van der Waals surface area contributed by atoms with Gasteiger partial charge in [-0.25, -0.2) is 13.4 Å². The van der Waals surface area contributed by atoms with Gasteiger partial charge in [0, 0.05) is 22.8 Å². The van der Waals surface area contributed by atoms with Gasteiger partial charge in [0.1, 0.15) is 5.75 Å². The van der Waals surface area contributed by atoms with Gasteiger partial charge in [-0.1, -0.05) is 6.92 Å². The summed E-state index contributed by atoms with van der Waals surface area (Å²) in [7, 11) is -3.74. The summed E-state index contributed by atoms with van der Waals surface area (Å²) in [6, 6.07) is 10.9. The molecular formula is C20H19BrN4O4S3. The second-order valence-corrected chi connectivity index (χ2v) is 10.2. The van der Waals surface area contributed by atoms with Crippen molar-refractivity contribution in [2.45, 2.75) is 18.2 Å². The van der Waals surface area contributed by atoms with E-state index < -0.39 is 15.9 Å². The van der Waals surface area contributed by atoms with Crippen molar-refractivity contribution in [3.05, 3.63) is 64.1 Å². The van der Waals surface area contributed by atoms with Gasteiger partial charge in [-0.2, -0.15) is 0 Å². The molecule has 168 valence electrons. The molecule has 0 aliphatic carbocycles. The summed E-state index contributed by atoms with van der Waals surface area (Å²) in [5.41, 5.74) is 0.924. The van der Waals surface area contributed by atoms with E-state index in [2.05, 4.69) is 36.3 Å². The molecule has 0 atom stereocenters. The number of benzene rings is 2. The number of amides is 1. The monoisotopic (exact) mass is 554 g/mol. The number of halogens is 1. The molecule has 3 rings (SSSR count). The molecule has 32 heavy (non-hydrogen) atoms. The summed E-state index contributed by atoms with van der Waals surface area (Å²) in [6.07, 6.45) is 2.39. The molecule has 1 heterocycles. The Bertz CT molecular complexity index is 1200. The predicted octanol–water partition coefficient (Wildman–Crippen LogP) is 4.62. The van der Waals surface area contributed by atoms with E-state index in [-0.39, 0.29) is 15.1 Å². The molecule has 0 aliphatic heterocycles. The van der Waals surface area contributed by atoms with Crippen molar-refractivity contribution < 1.29 is 17.9 Å². The number of thiocarbonyl (C=S) groups is 1. The van der Waals surface area contributed by atoms with Crippen LogP contribution in [0.1, 0.15) is 23.7 Å². The lowest BCUT2D eigenvalue weighted by molar-refractivity contribution is 0.0977. The molecule has 8 nitrogen and oxygen atoms in total. The lowest BCUT2D eigenvalue weighted by Crippen LogP contribution is -2.34. The minimum Gasteiger partial charge on any atom is -0.492 e. The van der Waals surface area contributed by atoms with Crippen molar-refractivity contribution in [1.82, 2.24) is 10.3 Å². The second kappa shape index (κ2) is 10.9. The first kappa shape index (κ1) is 24.1. The topological polar surface area (TPSA) is 109 Å². The highest BCUT2D eigenvalue weighted by atomic mass is 79.9. The van der Waals surface area contributed by atoms with Crippen molar-refractivity contribution in [2.24, 2.45) is 0 Å². The number of nitrogens with zero attached hydrogens (tertiary/aromatic N) is 1. The first-order chi connectivity index (χ1) is 15.3. The fourth-order valence-corrected chi connectivity index (χ4v) is 4.97. The highest BCUT2D eigenvalue weighted by molar-refractivity contribution is 9.10. The van der Waals surface area contributed by atoms with Crippen LogP contribution in [0.3, 0.4) is 0 Å². The molecule has 3 N–H and O–H groups in total. The van der Waals surface area contributed by atoms with E-state index in [1.165, 1.54) is 29.7 Å². The first-order valence-electron chi connectivity index (χ1n) is 9.35. The molecule has 3 aromatic rings.